The van der Waals surface area contributed by atoms with Crippen LogP contribution >= 0.6 is 11.3 Å². The molecule has 0 saturated carbocycles. The molecule has 27 heavy (non-hydrogen) atoms. The molecule has 0 unspecified atom stereocenters. The third kappa shape index (κ3) is 4.77. The van der Waals surface area contributed by atoms with Crippen molar-refractivity contribution in [3.8, 4) is 28.5 Å². The molecular weight excluding hydrogens is 364 g/mol. The molecule has 0 aliphatic carbocycles. The maximum Gasteiger partial charge on any atom is 0.264 e. The first kappa shape index (κ1) is 18.7. The third-order valence-electron chi connectivity index (χ3n) is 3.82. The summed E-state index contributed by atoms with van der Waals surface area (Å²) < 4.78 is 16.1. The molecule has 3 rings (SSSR count). The van der Waals surface area contributed by atoms with Gasteiger partial charge in [-0.25, -0.2) is 4.98 Å². The van der Waals surface area contributed by atoms with E-state index < -0.39 is 0 Å². The standard InChI is InChI=1S/C20H20N2O4S/c1-13-4-6-14(7-5-13)26-11-19(23)22-20-21-17(12-27-20)16-10-15(24-2)8-9-18(16)25-3/h4-10,12H,11H2,1-3H3,(H,21,22,23). The fourth-order valence-corrected chi connectivity index (χ4v) is 3.13. The number of amides is 1. The second-order valence-corrected chi connectivity index (χ2v) is 6.61. The molecule has 140 valence electrons. The molecule has 0 radical (unpaired) electrons. The SMILES string of the molecule is COc1ccc(OC)c(-c2csc(NC(=O)COc3ccc(C)cc3)n2)c1. The van der Waals surface area contributed by atoms with Gasteiger partial charge in [0.05, 0.1) is 19.9 Å². The molecule has 6 nitrogen and oxygen atoms in total. The molecule has 1 N–H and O–H groups in total. The van der Waals surface area contributed by atoms with Crippen molar-refractivity contribution < 1.29 is 19.0 Å². The number of rotatable bonds is 7. The first-order valence-electron chi connectivity index (χ1n) is 8.26. The highest BCUT2D eigenvalue weighted by Gasteiger charge is 2.13. The van der Waals surface area contributed by atoms with Gasteiger partial charge in [-0.3, -0.25) is 10.1 Å². The summed E-state index contributed by atoms with van der Waals surface area (Å²) in [6.45, 7) is 1.91. The Kier molecular flexibility index (Phi) is 5.93. The summed E-state index contributed by atoms with van der Waals surface area (Å²) >= 11 is 1.33. The van der Waals surface area contributed by atoms with Crippen molar-refractivity contribution in [2.45, 2.75) is 6.92 Å². The summed E-state index contributed by atoms with van der Waals surface area (Å²) in [5.41, 5.74) is 2.63. The van der Waals surface area contributed by atoms with E-state index in [4.69, 9.17) is 14.2 Å². The van der Waals surface area contributed by atoms with Crippen LogP contribution in [0.2, 0.25) is 0 Å². The molecule has 0 spiro atoms. The molecule has 0 aliphatic rings. The van der Waals surface area contributed by atoms with Gasteiger partial charge in [-0.15, -0.1) is 11.3 Å². The van der Waals surface area contributed by atoms with Gasteiger partial charge in [-0.05, 0) is 37.3 Å². The first-order chi connectivity index (χ1) is 13.1. The first-order valence-corrected chi connectivity index (χ1v) is 9.14. The molecule has 3 aromatic rings. The molecule has 2 aromatic carbocycles. The number of aryl methyl sites for hydroxylation is 1. The van der Waals surface area contributed by atoms with Crippen molar-refractivity contribution in [1.82, 2.24) is 4.98 Å². The smallest absolute Gasteiger partial charge is 0.264 e. The van der Waals surface area contributed by atoms with Gasteiger partial charge in [0, 0.05) is 10.9 Å². The van der Waals surface area contributed by atoms with Crippen LogP contribution in [0.25, 0.3) is 11.3 Å². The highest BCUT2D eigenvalue weighted by atomic mass is 32.1. The van der Waals surface area contributed by atoms with E-state index in [-0.39, 0.29) is 12.5 Å². The number of nitrogens with zero attached hydrogens (tertiary/aromatic N) is 1. The van der Waals surface area contributed by atoms with E-state index in [9.17, 15) is 4.79 Å². The number of hydrogen-bond donors (Lipinski definition) is 1. The number of aromatic nitrogens is 1. The lowest BCUT2D eigenvalue weighted by molar-refractivity contribution is -0.118. The number of methoxy groups -OCH3 is 2. The van der Waals surface area contributed by atoms with Gasteiger partial charge >= 0.3 is 0 Å². The van der Waals surface area contributed by atoms with E-state index in [0.717, 1.165) is 11.1 Å². The zero-order valence-electron chi connectivity index (χ0n) is 15.3. The highest BCUT2D eigenvalue weighted by molar-refractivity contribution is 7.14. The van der Waals surface area contributed by atoms with E-state index in [2.05, 4.69) is 10.3 Å². The molecule has 0 bridgehead atoms. The predicted molar refractivity (Wildman–Crippen MR) is 106 cm³/mol. The van der Waals surface area contributed by atoms with Gasteiger partial charge in [0.2, 0.25) is 0 Å². The summed E-state index contributed by atoms with van der Waals surface area (Å²) in [6, 6.07) is 13.0. The number of benzene rings is 2. The Morgan fingerprint density at radius 3 is 2.52 bits per heavy atom. The van der Waals surface area contributed by atoms with E-state index >= 15 is 0 Å². The molecule has 7 heteroatoms. The van der Waals surface area contributed by atoms with Crippen LogP contribution in [-0.2, 0) is 4.79 Å². The lowest BCUT2D eigenvalue weighted by Crippen LogP contribution is -2.20. The number of ether oxygens (including phenoxy) is 3. The van der Waals surface area contributed by atoms with Crippen molar-refractivity contribution in [2.24, 2.45) is 0 Å². The number of anilines is 1. The number of carbonyl (C=O) groups is 1. The molecule has 0 saturated heterocycles. The minimum absolute atomic E-state index is 0.0829. The van der Waals surface area contributed by atoms with Crippen molar-refractivity contribution in [2.75, 3.05) is 26.1 Å². The lowest BCUT2D eigenvalue weighted by atomic mass is 10.1. The Morgan fingerprint density at radius 1 is 1.07 bits per heavy atom. The van der Waals surface area contributed by atoms with Crippen molar-refractivity contribution in [1.29, 1.82) is 0 Å². The lowest BCUT2D eigenvalue weighted by Gasteiger charge is -2.08. The topological polar surface area (TPSA) is 69.7 Å². The Labute approximate surface area is 161 Å². The van der Waals surface area contributed by atoms with Gasteiger partial charge in [0.1, 0.15) is 17.2 Å². The van der Waals surface area contributed by atoms with E-state index in [0.29, 0.717) is 28.1 Å². The zero-order chi connectivity index (χ0) is 19.2. The second-order valence-electron chi connectivity index (χ2n) is 5.75. The van der Waals surface area contributed by atoms with Crippen molar-refractivity contribution >= 4 is 22.4 Å². The minimum Gasteiger partial charge on any atom is -0.497 e. The largest absolute Gasteiger partial charge is 0.497 e. The van der Waals surface area contributed by atoms with Gasteiger partial charge < -0.3 is 14.2 Å². The van der Waals surface area contributed by atoms with Crippen LogP contribution in [0.5, 0.6) is 17.2 Å². The predicted octanol–water partition coefficient (Wildman–Crippen LogP) is 4.15. The average Bonchev–Trinajstić information content (AvgIpc) is 3.15. The Balaban J connectivity index is 1.65. The normalized spacial score (nSPS) is 10.3. The number of nitrogens with one attached hydrogen (secondary N) is 1. The highest BCUT2D eigenvalue weighted by Crippen LogP contribution is 2.35. The fraction of sp³-hybridized carbons (Fsp3) is 0.200. The van der Waals surface area contributed by atoms with Crippen LogP contribution in [0.4, 0.5) is 5.13 Å². The molecule has 0 aliphatic heterocycles. The quantitative estimate of drug-likeness (QED) is 0.663. The molecule has 1 amide bonds. The number of carbonyl (C=O) groups excluding carboxylic acids is 1. The van der Waals surface area contributed by atoms with Gasteiger partial charge in [-0.2, -0.15) is 0 Å². The van der Waals surface area contributed by atoms with Crippen molar-refractivity contribution in [3.63, 3.8) is 0 Å². The summed E-state index contributed by atoms with van der Waals surface area (Å²) in [5.74, 6) is 1.77. The Bertz CT molecular complexity index is 922. The summed E-state index contributed by atoms with van der Waals surface area (Å²) in [4.78, 5) is 16.6. The molecule has 1 aromatic heterocycles. The summed E-state index contributed by atoms with van der Waals surface area (Å²) in [6.07, 6.45) is 0. The van der Waals surface area contributed by atoms with Crippen LogP contribution < -0.4 is 19.5 Å². The number of thiazole rings is 1. The molecule has 0 atom stereocenters. The minimum atomic E-state index is -0.269. The van der Waals surface area contributed by atoms with Crippen molar-refractivity contribution in [3.05, 3.63) is 53.4 Å². The monoisotopic (exact) mass is 384 g/mol. The third-order valence-corrected chi connectivity index (χ3v) is 4.58. The Hall–Kier alpha value is -3.06. The van der Waals surface area contributed by atoms with E-state index in [1.165, 1.54) is 11.3 Å². The number of hydrogen-bond acceptors (Lipinski definition) is 6. The van der Waals surface area contributed by atoms with Crippen LogP contribution in [0.15, 0.2) is 47.8 Å². The molecule has 0 fully saturated rings. The summed E-state index contributed by atoms with van der Waals surface area (Å²) in [5, 5.41) is 5.10. The maximum absolute atomic E-state index is 12.1. The zero-order valence-corrected chi connectivity index (χ0v) is 16.1. The van der Waals surface area contributed by atoms with E-state index in [1.54, 1.807) is 14.2 Å². The fourth-order valence-electron chi connectivity index (χ4n) is 2.41. The molecular formula is C20H20N2O4S. The van der Waals surface area contributed by atoms with Crippen LogP contribution in [0.1, 0.15) is 5.56 Å². The van der Waals surface area contributed by atoms with Gasteiger partial charge in [0.25, 0.3) is 5.91 Å². The average molecular weight is 384 g/mol. The van der Waals surface area contributed by atoms with E-state index in [1.807, 2.05) is 54.8 Å². The van der Waals surface area contributed by atoms with Crippen LogP contribution in [-0.4, -0.2) is 31.7 Å². The Morgan fingerprint density at radius 2 is 1.81 bits per heavy atom. The van der Waals surface area contributed by atoms with Gasteiger partial charge in [-0.1, -0.05) is 17.7 Å². The maximum atomic E-state index is 12.1. The van der Waals surface area contributed by atoms with Crippen LogP contribution in [0.3, 0.4) is 0 Å². The summed E-state index contributed by atoms with van der Waals surface area (Å²) in [7, 11) is 3.20. The van der Waals surface area contributed by atoms with Crippen LogP contribution in [0, 0.1) is 6.92 Å². The molecule has 1 heterocycles. The second kappa shape index (κ2) is 8.55. The van der Waals surface area contributed by atoms with Gasteiger partial charge in [0.15, 0.2) is 11.7 Å².